The molecule has 0 radical (unpaired) electrons. The summed E-state index contributed by atoms with van der Waals surface area (Å²) in [5.41, 5.74) is -3.49. The highest BCUT2D eigenvalue weighted by atomic mass is 16.8. The summed E-state index contributed by atoms with van der Waals surface area (Å²) < 4.78 is 82.0. The maximum absolute atomic E-state index is 15.7. The second kappa shape index (κ2) is 28.3. The number of alkyl carbamates (subject to hydrolysis) is 1. The minimum atomic E-state index is -1.84. The van der Waals surface area contributed by atoms with E-state index in [1.807, 2.05) is 32.9 Å². The molecule has 7 fully saturated rings. The molecule has 4 aliphatic carbocycles. The molecule has 0 unspecified atom stereocenters. The molecule has 6 saturated heterocycles. The number of carbonyl (C=O) groups is 3. The lowest BCUT2D eigenvalue weighted by Gasteiger charge is -2.56. The summed E-state index contributed by atoms with van der Waals surface area (Å²) in [5, 5.41) is 83.6. The fraction of sp³-hybridized carbons (Fsp3) is 0.806. The van der Waals surface area contributed by atoms with Crippen molar-refractivity contribution in [1.29, 1.82) is 0 Å². The number of fused-ring (bicyclic) bond motifs is 4. The minimum Gasteiger partial charge on any atom is -0.511 e. The molecule has 6 heterocycles. The van der Waals surface area contributed by atoms with Crippen LogP contribution < -0.4 is 5.32 Å². The zero-order chi connectivity index (χ0) is 67.7. The quantitative estimate of drug-likeness (QED) is 0.0373. The van der Waals surface area contributed by atoms with E-state index in [-0.39, 0.29) is 63.4 Å². The van der Waals surface area contributed by atoms with Crippen molar-refractivity contribution in [3.8, 4) is 0 Å². The highest BCUT2D eigenvalue weighted by molar-refractivity contribution is 6.26. The predicted molar refractivity (Wildman–Crippen MR) is 327 cm³/mol. The molecule has 7 N–H and O–H groups in total. The lowest BCUT2D eigenvalue weighted by molar-refractivity contribution is -0.584. The monoisotopic (exact) mass is 1320 g/mol. The number of hydrogen-bond donors (Lipinski definition) is 7. The number of esters is 1. The fourth-order valence-corrected chi connectivity index (χ4v) is 17.2. The Balaban J connectivity index is 0.943. The lowest BCUT2D eigenvalue weighted by Crippen LogP contribution is -2.65. The Morgan fingerprint density at radius 2 is 1.28 bits per heavy atom. The third-order valence-electron chi connectivity index (χ3n) is 22.3. The summed E-state index contributed by atoms with van der Waals surface area (Å²) in [7, 11) is 2.66. The molecule has 1 saturated carbocycles. The van der Waals surface area contributed by atoms with Crippen molar-refractivity contribution >= 4 is 17.8 Å². The molecular formula is C67H100N2O24. The third-order valence-corrected chi connectivity index (χ3v) is 22.3. The Kier molecular flexibility index (Phi) is 21.7. The number of ketones is 1. The number of nitrogens with one attached hydrogen (secondary N) is 1. The summed E-state index contributed by atoms with van der Waals surface area (Å²) in [4.78, 5) is 55.4. The molecule has 93 heavy (non-hydrogen) atoms. The number of aliphatic hydroxyl groups is 6. The van der Waals surface area contributed by atoms with Crippen molar-refractivity contribution in [2.24, 2.45) is 46.8 Å². The van der Waals surface area contributed by atoms with Crippen LogP contribution in [0.25, 0.3) is 0 Å². The van der Waals surface area contributed by atoms with Crippen LogP contribution in [-0.2, 0) is 71.2 Å². The third kappa shape index (κ3) is 13.7. The number of methoxy groups -OCH3 is 2. The molecule has 6 aliphatic heterocycles. The Morgan fingerprint density at radius 1 is 0.688 bits per heavy atom. The SMILES string of the molecule is COC(=O)N[C@H]1[C@@H](C)O[C@@H](O[C@H]2C/C=C(\C)[C@@H]3C=C[C@@H]4[C@@H](O[C@H]5C[C@@H](O[C@H]6C[C@@H](O[C@H]7C[C@@H](O)[C@@H](O)[C@H](C)O7)[C@@H](O[C@@H]7C[C@@H](O)[C@@H](OC)[C@H](C)O7)[C@H](C)O6)[C@@H](O)[C@H](C)O5)[C@@H](C)C[C@H](C)[C@H]4[C@]3(C)/C(O)=C3\C(=O)O[C@]4(C[C@@H](C)C(CO)=C[C@H]4/C=C/2C)C3=O)C[C@]1(C)[N+](=O)[O-]. The van der Waals surface area contributed by atoms with Crippen molar-refractivity contribution in [3.63, 3.8) is 0 Å². The maximum Gasteiger partial charge on any atom is 0.407 e. The number of hydrogen-bond acceptors (Lipinski definition) is 24. The number of Topliss-reactive ketones (excluding diaryl/α,β-unsaturated/α-hetero) is 1. The van der Waals surface area contributed by atoms with Crippen molar-refractivity contribution in [2.45, 2.75) is 275 Å². The van der Waals surface area contributed by atoms with Gasteiger partial charge in [-0.05, 0) is 96.1 Å². The van der Waals surface area contributed by atoms with Gasteiger partial charge in [0.15, 0.2) is 37.1 Å². The van der Waals surface area contributed by atoms with Crippen LogP contribution in [-0.4, -0.2) is 214 Å². The first-order valence-electron chi connectivity index (χ1n) is 33.2. The first-order valence-corrected chi connectivity index (χ1v) is 33.2. The van der Waals surface area contributed by atoms with Gasteiger partial charge in [-0.3, -0.25) is 14.9 Å². The highest BCUT2D eigenvalue weighted by Gasteiger charge is 2.64. The molecule has 0 aromatic heterocycles. The Hall–Kier alpha value is -4.33. The first kappa shape index (κ1) is 71.4. The molecule has 10 rings (SSSR count). The number of amides is 1. The van der Waals surface area contributed by atoms with Crippen molar-refractivity contribution in [1.82, 2.24) is 5.32 Å². The van der Waals surface area contributed by atoms with Crippen molar-refractivity contribution in [2.75, 3.05) is 20.8 Å². The molecule has 1 spiro atoms. The molecule has 1 amide bonds. The summed E-state index contributed by atoms with van der Waals surface area (Å²) >= 11 is 0. The van der Waals surface area contributed by atoms with Crippen molar-refractivity contribution < 1.29 is 112 Å². The molecular weight excluding hydrogens is 1220 g/mol. The topological polar surface area (TPSA) is 348 Å². The molecule has 26 heteroatoms. The van der Waals surface area contributed by atoms with E-state index in [9.17, 15) is 50.3 Å². The average molecular weight is 1320 g/mol. The van der Waals surface area contributed by atoms with E-state index in [2.05, 4.69) is 25.2 Å². The van der Waals surface area contributed by atoms with E-state index in [1.54, 1.807) is 53.7 Å². The van der Waals surface area contributed by atoms with Crippen LogP contribution in [0.5, 0.6) is 0 Å². The highest BCUT2D eigenvalue weighted by Crippen LogP contribution is 2.61. The summed E-state index contributed by atoms with van der Waals surface area (Å²) in [6.07, 6.45) is -8.05. The molecule has 522 valence electrons. The first-order chi connectivity index (χ1) is 43.9. The largest absolute Gasteiger partial charge is 0.511 e. The van der Waals surface area contributed by atoms with E-state index in [4.69, 9.17) is 61.6 Å². The molecule has 0 aromatic rings. The zero-order valence-corrected chi connectivity index (χ0v) is 55.9. The van der Waals surface area contributed by atoms with E-state index in [0.29, 0.717) is 17.6 Å². The molecule has 0 aromatic carbocycles. The molecule has 26 nitrogen and oxygen atoms in total. The van der Waals surface area contributed by atoms with Crippen LogP contribution in [0, 0.1) is 57.0 Å². The second-order valence-corrected chi connectivity index (χ2v) is 28.6. The van der Waals surface area contributed by atoms with Gasteiger partial charge in [-0.25, -0.2) is 9.59 Å². The number of nitro groups is 1. The van der Waals surface area contributed by atoms with E-state index in [1.165, 1.54) is 14.0 Å². The predicted octanol–water partition coefficient (Wildman–Crippen LogP) is 5.45. The zero-order valence-electron chi connectivity index (χ0n) is 55.9. The van der Waals surface area contributed by atoms with E-state index in [0.717, 1.165) is 12.7 Å². The normalized spacial score (nSPS) is 49.9. The summed E-state index contributed by atoms with van der Waals surface area (Å²) in [6, 6.07) is -1.09. The van der Waals surface area contributed by atoms with E-state index >= 15 is 4.79 Å². The van der Waals surface area contributed by atoms with Crippen molar-refractivity contribution in [3.05, 3.63) is 68.5 Å². The molecule has 2 bridgehead atoms. The Morgan fingerprint density at radius 3 is 1.92 bits per heavy atom. The van der Waals surface area contributed by atoms with Crippen LogP contribution in [0.3, 0.4) is 0 Å². The smallest absolute Gasteiger partial charge is 0.407 e. The van der Waals surface area contributed by atoms with Gasteiger partial charge >= 0.3 is 12.1 Å². The van der Waals surface area contributed by atoms with Crippen LogP contribution in [0.15, 0.2) is 58.4 Å². The number of carbonyl (C=O) groups excluding carboxylic acids is 3. The number of nitrogens with zero attached hydrogens (tertiary/aromatic N) is 1. The van der Waals surface area contributed by atoms with Gasteiger partial charge in [0.2, 0.25) is 11.3 Å². The van der Waals surface area contributed by atoms with Gasteiger partial charge in [-0.2, -0.15) is 0 Å². The lowest BCUT2D eigenvalue weighted by atomic mass is 9.49. The van der Waals surface area contributed by atoms with E-state index < -0.39 is 209 Å². The van der Waals surface area contributed by atoms with Crippen LogP contribution in [0.4, 0.5) is 4.79 Å². The minimum absolute atomic E-state index is 0.00999. The standard InChI is InChI=1S/C67H100N2O24/c1-29-15-18-45(88-52-27-65(11,69(79)80)60(38(10)87-52)68-64(78)82-14)30(2)20-40-21-39(28-70)33(5)26-67(40)62(76)53(63(77)93-67)61(75)66(12)42(29)17-16-41-54(66)31(3)19-32(4)57(41)91-51-24-46(56(74)35(7)84-51)89-50-25-47(90-48-22-43(71)55(73)34(6)83-48)59(37(9)86-50)92-49-23-44(72)58(81-13)36(8)85-49/h15-17,20-21,31-38,40-52,54-60,70-75H,18-19,22-28H2,1-14H3,(H,68,78)/b29-15+,30-20+,61-53+/t31-,32-,33+,34-,35-,36-,37-,38+,40+,41-,42-,43+,44+,45-,46+,47+,48-,49+,50-,51-,52-,54+,55-,56-,57-,58-,59-,60-,65-,66+,67-/m0/s1. The fourth-order valence-electron chi connectivity index (χ4n) is 17.2. The van der Waals surface area contributed by atoms with Crippen LogP contribution >= 0.6 is 0 Å². The second-order valence-electron chi connectivity index (χ2n) is 28.6. The Bertz CT molecular complexity index is 2880. The van der Waals surface area contributed by atoms with Crippen LogP contribution in [0.1, 0.15) is 134 Å². The van der Waals surface area contributed by atoms with Gasteiger partial charge in [0.25, 0.3) is 0 Å². The average Bonchev–Trinajstić information content (AvgIpc) is 1.70. The Labute approximate surface area is 543 Å². The van der Waals surface area contributed by atoms with Gasteiger partial charge in [-0.1, -0.05) is 63.6 Å². The van der Waals surface area contributed by atoms with Gasteiger partial charge < -0.3 is 97.5 Å². The van der Waals surface area contributed by atoms with Crippen LogP contribution in [0.2, 0.25) is 0 Å². The van der Waals surface area contributed by atoms with Gasteiger partial charge in [0, 0.05) is 74.2 Å². The van der Waals surface area contributed by atoms with Gasteiger partial charge in [0.1, 0.15) is 41.8 Å². The summed E-state index contributed by atoms with van der Waals surface area (Å²) in [5.74, 6) is -5.33. The molecule has 31 atom stereocenters. The maximum atomic E-state index is 15.7. The number of aliphatic hydroxyl groups excluding tert-OH is 6. The summed E-state index contributed by atoms with van der Waals surface area (Å²) in [6.45, 7) is 21.2. The number of allylic oxidation sites excluding steroid dienone is 3. The molecule has 10 aliphatic rings. The number of rotatable bonds is 14. The van der Waals surface area contributed by atoms with Gasteiger partial charge in [-0.15, -0.1) is 0 Å². The number of ether oxygens (including phenoxy) is 13. The van der Waals surface area contributed by atoms with Gasteiger partial charge in [0.05, 0.1) is 87.3 Å².